The molecule has 0 radical (unpaired) electrons. The van der Waals surface area contributed by atoms with Gasteiger partial charge in [0.25, 0.3) is 0 Å². The minimum atomic E-state index is -3.14. The van der Waals surface area contributed by atoms with Crippen LogP contribution in [-0.2, 0) is 16.6 Å². The van der Waals surface area contributed by atoms with Crippen molar-refractivity contribution in [1.29, 1.82) is 0 Å². The van der Waals surface area contributed by atoms with Crippen molar-refractivity contribution in [1.82, 2.24) is 25.1 Å². The minimum absolute atomic E-state index is 0.0907. The van der Waals surface area contributed by atoms with Crippen LogP contribution in [0.4, 0.5) is 0 Å². The Morgan fingerprint density at radius 3 is 2.58 bits per heavy atom. The second-order valence-electron chi connectivity index (χ2n) is 5.49. The number of sulfonamides is 1. The third kappa shape index (κ3) is 7.78. The lowest BCUT2D eigenvalue weighted by molar-refractivity contribution is 0.566. The molecular weight excluding hydrogens is 328 g/mol. The zero-order chi connectivity index (χ0) is 18.0. The van der Waals surface area contributed by atoms with Gasteiger partial charge in [-0.3, -0.25) is 9.67 Å². The van der Waals surface area contributed by atoms with Gasteiger partial charge in [-0.15, -0.1) is 0 Å². The molecule has 0 saturated carbocycles. The highest BCUT2D eigenvalue weighted by molar-refractivity contribution is 7.89. The zero-order valence-corrected chi connectivity index (χ0v) is 15.9. The Bertz CT molecular complexity index is 624. The summed E-state index contributed by atoms with van der Waals surface area (Å²) in [5.74, 6) is 0.787. The summed E-state index contributed by atoms with van der Waals surface area (Å²) in [5.41, 5.74) is 2.19. The molecule has 0 aliphatic rings. The topological polar surface area (TPSA) is 100 Å². The number of aliphatic imine (C=N–C) groups is 1. The van der Waals surface area contributed by atoms with Crippen LogP contribution in [0.2, 0.25) is 0 Å². The first-order valence-corrected chi connectivity index (χ1v) is 10.0. The number of hydrogen-bond donors (Lipinski definition) is 3. The van der Waals surface area contributed by atoms with Crippen LogP contribution in [0.1, 0.15) is 31.7 Å². The molecule has 8 nitrogen and oxygen atoms in total. The number of rotatable bonds is 10. The summed E-state index contributed by atoms with van der Waals surface area (Å²) in [7, 11) is -3.14. The van der Waals surface area contributed by atoms with Gasteiger partial charge in [-0.05, 0) is 40.2 Å². The number of nitrogens with one attached hydrogen (secondary N) is 3. The van der Waals surface area contributed by atoms with Crippen LogP contribution in [0.3, 0.4) is 0 Å². The molecule has 138 valence electrons. The van der Waals surface area contributed by atoms with Crippen molar-refractivity contribution in [3.8, 4) is 0 Å². The van der Waals surface area contributed by atoms with Gasteiger partial charge in [-0.25, -0.2) is 13.1 Å². The Kier molecular flexibility index (Phi) is 8.77. The van der Waals surface area contributed by atoms with Gasteiger partial charge in [0, 0.05) is 38.4 Å². The summed E-state index contributed by atoms with van der Waals surface area (Å²) in [5, 5.41) is 10.7. The quantitative estimate of drug-likeness (QED) is 0.319. The molecule has 0 aromatic carbocycles. The predicted molar refractivity (Wildman–Crippen MR) is 97.8 cm³/mol. The van der Waals surface area contributed by atoms with Crippen molar-refractivity contribution in [2.45, 2.75) is 40.7 Å². The van der Waals surface area contributed by atoms with Crippen molar-refractivity contribution >= 4 is 16.0 Å². The summed E-state index contributed by atoms with van der Waals surface area (Å²) in [6, 6.07) is 2.06. The van der Waals surface area contributed by atoms with E-state index in [2.05, 4.69) is 31.5 Å². The largest absolute Gasteiger partial charge is 0.357 e. The Labute approximate surface area is 145 Å². The Morgan fingerprint density at radius 2 is 2.00 bits per heavy atom. The maximum atomic E-state index is 11.4. The molecule has 0 unspecified atom stereocenters. The van der Waals surface area contributed by atoms with E-state index < -0.39 is 10.0 Å². The standard InChI is InChI=1S/C15H30N6O2S/c1-5-16-15(18-9-10-19-24(22,23)6-2)17-8-7-11-21-14(4)12-13(3)20-21/h12,19H,5-11H2,1-4H3,(H2,16,17,18). The first-order valence-electron chi connectivity index (χ1n) is 8.38. The second kappa shape index (κ2) is 10.3. The summed E-state index contributed by atoms with van der Waals surface area (Å²) < 4.78 is 27.2. The van der Waals surface area contributed by atoms with Gasteiger partial charge < -0.3 is 10.6 Å². The molecule has 0 amide bonds. The molecule has 1 heterocycles. The van der Waals surface area contributed by atoms with Crippen molar-refractivity contribution < 1.29 is 8.42 Å². The van der Waals surface area contributed by atoms with Crippen LogP contribution in [0, 0.1) is 13.8 Å². The number of aryl methyl sites for hydroxylation is 3. The zero-order valence-electron chi connectivity index (χ0n) is 15.1. The highest BCUT2D eigenvalue weighted by Gasteiger charge is 2.05. The molecule has 1 rings (SSSR count). The molecule has 1 aromatic rings. The maximum absolute atomic E-state index is 11.4. The highest BCUT2D eigenvalue weighted by atomic mass is 32.2. The molecule has 1 aromatic heterocycles. The van der Waals surface area contributed by atoms with E-state index in [9.17, 15) is 8.42 Å². The fourth-order valence-corrected chi connectivity index (χ4v) is 2.76. The SMILES string of the molecule is CCNC(=NCCCn1nc(C)cc1C)NCCNS(=O)(=O)CC. The average Bonchev–Trinajstić information content (AvgIpc) is 2.85. The monoisotopic (exact) mass is 358 g/mol. The first-order chi connectivity index (χ1) is 11.4. The molecular formula is C15H30N6O2S. The normalized spacial score (nSPS) is 12.4. The number of guanidine groups is 1. The second-order valence-corrected chi connectivity index (χ2v) is 7.58. The van der Waals surface area contributed by atoms with Crippen molar-refractivity contribution in [3.63, 3.8) is 0 Å². The Hall–Kier alpha value is -1.61. The van der Waals surface area contributed by atoms with E-state index in [0.717, 1.165) is 30.9 Å². The van der Waals surface area contributed by atoms with Gasteiger partial charge in [-0.2, -0.15) is 5.10 Å². The smallest absolute Gasteiger partial charge is 0.211 e. The fourth-order valence-electron chi connectivity index (χ4n) is 2.14. The van der Waals surface area contributed by atoms with Crippen LogP contribution in [0.5, 0.6) is 0 Å². The highest BCUT2D eigenvalue weighted by Crippen LogP contribution is 2.02. The van der Waals surface area contributed by atoms with E-state index in [4.69, 9.17) is 0 Å². The van der Waals surface area contributed by atoms with Crippen LogP contribution in [-0.4, -0.2) is 56.1 Å². The molecule has 0 spiro atoms. The van der Waals surface area contributed by atoms with Gasteiger partial charge in [0.2, 0.25) is 10.0 Å². The van der Waals surface area contributed by atoms with Crippen LogP contribution >= 0.6 is 0 Å². The van der Waals surface area contributed by atoms with Crippen LogP contribution in [0.15, 0.2) is 11.1 Å². The van der Waals surface area contributed by atoms with Gasteiger partial charge in [0.05, 0.1) is 11.4 Å². The molecule has 9 heteroatoms. The maximum Gasteiger partial charge on any atom is 0.211 e. The van der Waals surface area contributed by atoms with E-state index in [1.165, 1.54) is 0 Å². The lowest BCUT2D eigenvalue weighted by Gasteiger charge is -2.12. The van der Waals surface area contributed by atoms with Crippen molar-refractivity contribution in [3.05, 3.63) is 17.5 Å². The third-order valence-electron chi connectivity index (χ3n) is 3.36. The molecule has 3 N–H and O–H groups in total. The third-order valence-corrected chi connectivity index (χ3v) is 4.77. The summed E-state index contributed by atoms with van der Waals surface area (Å²) >= 11 is 0. The van der Waals surface area contributed by atoms with Crippen LogP contribution in [0.25, 0.3) is 0 Å². The number of hydrogen-bond acceptors (Lipinski definition) is 4. The van der Waals surface area contributed by atoms with E-state index in [1.54, 1.807) is 6.92 Å². The predicted octanol–water partition coefficient (Wildman–Crippen LogP) is 0.384. The lowest BCUT2D eigenvalue weighted by Crippen LogP contribution is -2.41. The number of aromatic nitrogens is 2. The molecule has 0 atom stereocenters. The van der Waals surface area contributed by atoms with E-state index in [-0.39, 0.29) is 5.75 Å². The van der Waals surface area contributed by atoms with Crippen LogP contribution < -0.4 is 15.4 Å². The molecule has 0 saturated heterocycles. The molecule has 24 heavy (non-hydrogen) atoms. The molecule has 0 fully saturated rings. The van der Waals surface area contributed by atoms with Gasteiger partial charge >= 0.3 is 0 Å². The Balaban J connectivity index is 2.35. The molecule has 0 aliphatic carbocycles. The molecule has 0 aliphatic heterocycles. The fraction of sp³-hybridized carbons (Fsp3) is 0.733. The Morgan fingerprint density at radius 1 is 1.25 bits per heavy atom. The lowest BCUT2D eigenvalue weighted by atomic mass is 10.4. The first kappa shape index (κ1) is 20.4. The van der Waals surface area contributed by atoms with E-state index in [1.807, 2.05) is 25.5 Å². The number of nitrogens with zero attached hydrogens (tertiary/aromatic N) is 3. The van der Waals surface area contributed by atoms with E-state index >= 15 is 0 Å². The van der Waals surface area contributed by atoms with Gasteiger partial charge in [0.15, 0.2) is 5.96 Å². The summed E-state index contributed by atoms with van der Waals surface area (Å²) in [6.45, 7) is 10.7. The van der Waals surface area contributed by atoms with Gasteiger partial charge in [0.1, 0.15) is 0 Å². The average molecular weight is 359 g/mol. The van der Waals surface area contributed by atoms with Crippen molar-refractivity contribution in [2.24, 2.45) is 4.99 Å². The van der Waals surface area contributed by atoms with Crippen molar-refractivity contribution in [2.75, 3.05) is 31.9 Å². The summed E-state index contributed by atoms with van der Waals surface area (Å²) in [6.07, 6.45) is 0.890. The summed E-state index contributed by atoms with van der Waals surface area (Å²) in [4.78, 5) is 4.50. The minimum Gasteiger partial charge on any atom is -0.357 e. The molecule has 0 bridgehead atoms. The van der Waals surface area contributed by atoms with E-state index in [0.29, 0.717) is 25.6 Å². The van der Waals surface area contributed by atoms with Gasteiger partial charge in [-0.1, -0.05) is 0 Å².